The maximum Gasteiger partial charge on any atom is 0.245 e. The molecule has 0 spiro atoms. The Hall–Kier alpha value is -2.40. The van der Waals surface area contributed by atoms with Crippen LogP contribution in [0.5, 0.6) is 0 Å². The summed E-state index contributed by atoms with van der Waals surface area (Å²) in [5, 5.41) is 12.2. The average Bonchev–Trinajstić information content (AvgIpc) is 2.62. The Labute approximate surface area is 150 Å². The third-order valence-corrected chi connectivity index (χ3v) is 6.23. The zero-order valence-electron chi connectivity index (χ0n) is 13.0. The maximum atomic E-state index is 13.2. The monoisotopic (exact) mass is 375 g/mol. The average molecular weight is 376 g/mol. The van der Waals surface area contributed by atoms with Crippen molar-refractivity contribution in [3.63, 3.8) is 0 Å². The molecule has 0 aromatic heterocycles. The van der Waals surface area contributed by atoms with E-state index in [4.69, 9.17) is 11.6 Å². The molecule has 2 aromatic rings. The first-order valence-corrected chi connectivity index (χ1v) is 9.31. The Morgan fingerprint density at radius 1 is 1.16 bits per heavy atom. The van der Waals surface area contributed by atoms with Gasteiger partial charge >= 0.3 is 0 Å². The first kappa shape index (κ1) is 17.4. The van der Waals surface area contributed by atoms with Gasteiger partial charge in [0.05, 0.1) is 10.5 Å². The van der Waals surface area contributed by atoms with E-state index in [0.717, 1.165) is 4.31 Å². The number of hydrogen-bond donors (Lipinski definition) is 1. The largest absolute Gasteiger partial charge is 0.353 e. The fraction of sp³-hybridized carbons (Fsp3) is 0.176. The molecule has 1 atom stereocenters. The normalized spacial score (nSPS) is 18.4. The summed E-state index contributed by atoms with van der Waals surface area (Å²) in [6, 6.07) is 13.4. The second kappa shape index (κ2) is 6.84. The number of piperazine rings is 1. The van der Waals surface area contributed by atoms with Crippen molar-refractivity contribution in [1.29, 1.82) is 5.26 Å². The maximum absolute atomic E-state index is 13.2. The molecule has 0 radical (unpaired) electrons. The number of sulfonamides is 1. The minimum absolute atomic E-state index is 0.0337. The molecule has 1 N–H and O–H groups in total. The number of nitrogens with zero attached hydrogens (tertiary/aromatic N) is 2. The van der Waals surface area contributed by atoms with Crippen LogP contribution in [0.1, 0.15) is 17.2 Å². The zero-order valence-corrected chi connectivity index (χ0v) is 14.6. The minimum atomic E-state index is -4.06. The number of rotatable bonds is 3. The van der Waals surface area contributed by atoms with Gasteiger partial charge in [-0.1, -0.05) is 41.9 Å². The van der Waals surface area contributed by atoms with Gasteiger partial charge in [0.15, 0.2) is 0 Å². The molecule has 3 rings (SSSR count). The Morgan fingerprint density at radius 3 is 2.56 bits per heavy atom. The minimum Gasteiger partial charge on any atom is -0.353 e. The third kappa shape index (κ3) is 3.12. The van der Waals surface area contributed by atoms with Crippen molar-refractivity contribution in [2.45, 2.75) is 10.9 Å². The molecule has 1 aliphatic rings. The van der Waals surface area contributed by atoms with Crippen LogP contribution in [0.15, 0.2) is 53.4 Å². The van der Waals surface area contributed by atoms with Crippen LogP contribution in [-0.4, -0.2) is 31.7 Å². The number of hydrogen-bond acceptors (Lipinski definition) is 4. The predicted octanol–water partition coefficient (Wildman–Crippen LogP) is 2.07. The molecular formula is C17H14ClN3O3S. The Bertz CT molecular complexity index is 969. The summed E-state index contributed by atoms with van der Waals surface area (Å²) in [4.78, 5) is 12.3. The van der Waals surface area contributed by atoms with Crippen molar-refractivity contribution in [3.05, 3.63) is 64.7 Å². The van der Waals surface area contributed by atoms with E-state index in [2.05, 4.69) is 5.32 Å². The highest BCUT2D eigenvalue weighted by Crippen LogP contribution is 2.34. The van der Waals surface area contributed by atoms with E-state index < -0.39 is 22.0 Å². The van der Waals surface area contributed by atoms with Gasteiger partial charge in [0.1, 0.15) is 12.1 Å². The molecule has 1 aliphatic heterocycles. The number of carbonyl (C=O) groups is 1. The number of carbonyl (C=O) groups excluding carboxylic acids is 1. The standard InChI is InChI=1S/C17H14ClN3O3S/c18-14-7-3-2-6-13(14)16-17(22)20-9-10-21(16)25(23,24)15-8-4-1-5-12(15)11-19/h1-8,16H,9-10H2,(H,20,22). The van der Waals surface area contributed by atoms with Crippen LogP contribution >= 0.6 is 11.6 Å². The highest BCUT2D eigenvalue weighted by Gasteiger charge is 2.41. The van der Waals surface area contributed by atoms with Gasteiger partial charge < -0.3 is 5.32 Å². The van der Waals surface area contributed by atoms with Crippen LogP contribution in [0.2, 0.25) is 5.02 Å². The molecule has 25 heavy (non-hydrogen) atoms. The molecule has 1 unspecified atom stereocenters. The summed E-state index contributed by atoms with van der Waals surface area (Å²) in [5.74, 6) is -0.447. The van der Waals surface area contributed by atoms with Crippen LogP contribution in [0.3, 0.4) is 0 Å². The molecular weight excluding hydrogens is 362 g/mol. The smallest absolute Gasteiger partial charge is 0.245 e. The quantitative estimate of drug-likeness (QED) is 0.889. The van der Waals surface area contributed by atoms with Gasteiger partial charge in [0.25, 0.3) is 0 Å². The number of benzene rings is 2. The van der Waals surface area contributed by atoms with Crippen molar-refractivity contribution < 1.29 is 13.2 Å². The van der Waals surface area contributed by atoms with E-state index in [1.807, 2.05) is 6.07 Å². The van der Waals surface area contributed by atoms with Crippen molar-refractivity contribution in [2.24, 2.45) is 0 Å². The highest BCUT2D eigenvalue weighted by atomic mass is 35.5. The van der Waals surface area contributed by atoms with Crippen LogP contribution < -0.4 is 5.32 Å². The molecule has 1 amide bonds. The SMILES string of the molecule is N#Cc1ccccc1S(=O)(=O)N1CCNC(=O)C1c1ccccc1Cl. The van der Waals surface area contributed by atoms with Gasteiger partial charge in [-0.05, 0) is 23.8 Å². The van der Waals surface area contributed by atoms with Gasteiger partial charge in [-0.2, -0.15) is 9.57 Å². The van der Waals surface area contributed by atoms with E-state index in [1.165, 1.54) is 12.1 Å². The number of amides is 1. The fourth-order valence-corrected chi connectivity index (χ4v) is 4.76. The molecule has 1 fully saturated rings. The summed E-state index contributed by atoms with van der Waals surface area (Å²) < 4.78 is 27.4. The highest BCUT2D eigenvalue weighted by molar-refractivity contribution is 7.89. The van der Waals surface area contributed by atoms with E-state index in [0.29, 0.717) is 10.6 Å². The molecule has 128 valence electrons. The van der Waals surface area contributed by atoms with Crippen molar-refractivity contribution in [3.8, 4) is 6.07 Å². The van der Waals surface area contributed by atoms with Crippen molar-refractivity contribution in [2.75, 3.05) is 13.1 Å². The van der Waals surface area contributed by atoms with E-state index in [9.17, 15) is 18.5 Å². The topological polar surface area (TPSA) is 90.3 Å². The summed E-state index contributed by atoms with van der Waals surface area (Å²) in [7, 11) is -4.06. The first-order chi connectivity index (χ1) is 12.0. The summed E-state index contributed by atoms with van der Waals surface area (Å²) in [6.07, 6.45) is 0. The van der Waals surface area contributed by atoms with Crippen LogP contribution in [0, 0.1) is 11.3 Å². The lowest BCUT2D eigenvalue weighted by Gasteiger charge is -2.34. The van der Waals surface area contributed by atoms with Crippen molar-refractivity contribution >= 4 is 27.5 Å². The zero-order chi connectivity index (χ0) is 18.0. The fourth-order valence-electron chi connectivity index (χ4n) is 2.81. The number of halogens is 1. The van der Waals surface area contributed by atoms with Gasteiger partial charge in [-0.15, -0.1) is 0 Å². The lowest BCUT2D eigenvalue weighted by Crippen LogP contribution is -2.52. The second-order valence-corrected chi connectivity index (χ2v) is 7.70. The van der Waals surface area contributed by atoms with Gasteiger partial charge in [-0.3, -0.25) is 4.79 Å². The molecule has 1 heterocycles. The predicted molar refractivity (Wildman–Crippen MR) is 92.3 cm³/mol. The Kier molecular flexibility index (Phi) is 4.77. The summed E-state index contributed by atoms with van der Waals surface area (Å²) >= 11 is 6.19. The van der Waals surface area contributed by atoms with Gasteiger partial charge in [0.2, 0.25) is 15.9 Å². The van der Waals surface area contributed by atoms with Crippen LogP contribution in [0.25, 0.3) is 0 Å². The molecule has 0 saturated carbocycles. The van der Waals surface area contributed by atoms with E-state index in [-0.39, 0.29) is 23.5 Å². The first-order valence-electron chi connectivity index (χ1n) is 7.50. The van der Waals surface area contributed by atoms with Gasteiger partial charge in [0, 0.05) is 18.1 Å². The molecule has 0 aliphatic carbocycles. The molecule has 0 bridgehead atoms. The lowest BCUT2D eigenvalue weighted by atomic mass is 10.0. The second-order valence-electron chi connectivity index (χ2n) is 5.44. The molecule has 2 aromatic carbocycles. The molecule has 6 nitrogen and oxygen atoms in total. The summed E-state index contributed by atoms with van der Waals surface area (Å²) in [5.41, 5.74) is 0.436. The molecule has 8 heteroatoms. The van der Waals surface area contributed by atoms with Crippen molar-refractivity contribution in [1.82, 2.24) is 9.62 Å². The Balaban J connectivity index is 2.14. The van der Waals surface area contributed by atoms with Crippen LogP contribution in [-0.2, 0) is 14.8 Å². The number of nitrogens with one attached hydrogen (secondary N) is 1. The van der Waals surface area contributed by atoms with Gasteiger partial charge in [-0.25, -0.2) is 8.42 Å². The van der Waals surface area contributed by atoms with E-state index >= 15 is 0 Å². The van der Waals surface area contributed by atoms with Crippen LogP contribution in [0.4, 0.5) is 0 Å². The van der Waals surface area contributed by atoms with E-state index in [1.54, 1.807) is 36.4 Å². The molecule has 1 saturated heterocycles. The number of nitriles is 1. The lowest BCUT2D eigenvalue weighted by molar-refractivity contribution is -0.126. The summed E-state index contributed by atoms with van der Waals surface area (Å²) in [6.45, 7) is 0.275. The Morgan fingerprint density at radius 2 is 1.84 bits per heavy atom. The third-order valence-electron chi connectivity index (χ3n) is 3.96.